The molecule has 0 fully saturated rings. The van der Waals surface area contributed by atoms with Gasteiger partial charge < -0.3 is 15.2 Å². The summed E-state index contributed by atoms with van der Waals surface area (Å²) in [6.45, 7) is 0.659. The predicted octanol–water partition coefficient (Wildman–Crippen LogP) is 2.85. The number of rotatable bonds is 3. The fourth-order valence-electron chi connectivity index (χ4n) is 3.20. The smallest absolute Gasteiger partial charge is 0.123 e. The largest absolute Gasteiger partial charge is 0.496 e. The van der Waals surface area contributed by atoms with Crippen molar-refractivity contribution < 1.29 is 9.47 Å². The van der Waals surface area contributed by atoms with Gasteiger partial charge in [-0.25, -0.2) is 0 Å². The van der Waals surface area contributed by atoms with Gasteiger partial charge in [0.1, 0.15) is 11.5 Å². The van der Waals surface area contributed by atoms with Gasteiger partial charge in [0.15, 0.2) is 0 Å². The van der Waals surface area contributed by atoms with Crippen molar-refractivity contribution in [2.75, 3.05) is 20.8 Å². The highest BCUT2D eigenvalue weighted by Gasteiger charge is 2.26. The van der Waals surface area contributed by atoms with Gasteiger partial charge in [-0.2, -0.15) is 0 Å². The van der Waals surface area contributed by atoms with Gasteiger partial charge in [-0.3, -0.25) is 0 Å². The second kappa shape index (κ2) is 4.74. The minimum Gasteiger partial charge on any atom is -0.496 e. The van der Waals surface area contributed by atoms with E-state index < -0.39 is 0 Å². The SMILES string of the molecule is COc1ccc2ccc(OC)c3c2c1CCC3CN. The molecule has 0 saturated heterocycles. The zero-order valence-corrected chi connectivity index (χ0v) is 11.4. The first-order valence-corrected chi connectivity index (χ1v) is 6.66. The lowest BCUT2D eigenvalue weighted by Gasteiger charge is -2.27. The normalized spacial score (nSPS) is 17.5. The van der Waals surface area contributed by atoms with Crippen LogP contribution < -0.4 is 15.2 Å². The topological polar surface area (TPSA) is 44.5 Å². The molecular formula is C16H19NO2. The molecule has 1 unspecified atom stereocenters. The fraction of sp³-hybridized carbons (Fsp3) is 0.375. The van der Waals surface area contributed by atoms with Crippen LogP contribution in [0.3, 0.4) is 0 Å². The number of benzene rings is 2. The number of hydrogen-bond donors (Lipinski definition) is 1. The van der Waals surface area contributed by atoms with E-state index in [2.05, 4.69) is 18.2 Å². The third-order valence-corrected chi connectivity index (χ3v) is 4.13. The highest BCUT2D eigenvalue weighted by atomic mass is 16.5. The molecule has 0 aromatic heterocycles. The molecule has 3 heteroatoms. The monoisotopic (exact) mass is 257 g/mol. The van der Waals surface area contributed by atoms with Crippen molar-refractivity contribution in [2.24, 2.45) is 5.73 Å². The van der Waals surface area contributed by atoms with Crippen LogP contribution in [0.1, 0.15) is 23.5 Å². The van der Waals surface area contributed by atoms with Crippen LogP contribution in [0.5, 0.6) is 11.5 Å². The number of hydrogen-bond acceptors (Lipinski definition) is 3. The Bertz CT molecular complexity index is 616. The molecule has 0 aliphatic heterocycles. The lowest BCUT2D eigenvalue weighted by Crippen LogP contribution is -2.18. The molecule has 2 N–H and O–H groups in total. The summed E-state index contributed by atoms with van der Waals surface area (Å²) in [5, 5.41) is 2.52. The Morgan fingerprint density at radius 2 is 1.79 bits per heavy atom. The van der Waals surface area contributed by atoms with Crippen molar-refractivity contribution >= 4 is 10.8 Å². The van der Waals surface area contributed by atoms with E-state index in [1.54, 1.807) is 14.2 Å². The predicted molar refractivity (Wildman–Crippen MR) is 77.2 cm³/mol. The third kappa shape index (κ3) is 1.77. The summed E-state index contributed by atoms with van der Waals surface area (Å²) >= 11 is 0. The van der Waals surface area contributed by atoms with Crippen LogP contribution in [0.15, 0.2) is 24.3 Å². The Morgan fingerprint density at radius 1 is 1.11 bits per heavy atom. The molecule has 3 rings (SSSR count). The van der Waals surface area contributed by atoms with Gasteiger partial charge in [0, 0.05) is 17.0 Å². The van der Waals surface area contributed by atoms with Crippen molar-refractivity contribution in [2.45, 2.75) is 18.8 Å². The average molecular weight is 257 g/mol. The molecule has 0 amide bonds. The third-order valence-electron chi connectivity index (χ3n) is 4.13. The number of methoxy groups -OCH3 is 2. The van der Waals surface area contributed by atoms with Crippen LogP contribution in [0, 0.1) is 0 Å². The maximum atomic E-state index is 5.94. The Morgan fingerprint density at radius 3 is 2.42 bits per heavy atom. The highest BCUT2D eigenvalue weighted by molar-refractivity contribution is 5.93. The van der Waals surface area contributed by atoms with Gasteiger partial charge in [-0.05, 0) is 42.3 Å². The maximum absolute atomic E-state index is 5.94. The quantitative estimate of drug-likeness (QED) is 0.919. The van der Waals surface area contributed by atoms with Crippen LogP contribution >= 0.6 is 0 Å². The maximum Gasteiger partial charge on any atom is 0.123 e. The lowest BCUT2D eigenvalue weighted by atomic mass is 9.80. The molecule has 19 heavy (non-hydrogen) atoms. The van der Waals surface area contributed by atoms with Gasteiger partial charge in [-0.15, -0.1) is 0 Å². The van der Waals surface area contributed by atoms with Crippen molar-refractivity contribution in [3.8, 4) is 11.5 Å². The van der Waals surface area contributed by atoms with Crippen LogP contribution in [0.2, 0.25) is 0 Å². The van der Waals surface area contributed by atoms with E-state index in [-0.39, 0.29) is 0 Å². The molecular weight excluding hydrogens is 238 g/mol. The lowest BCUT2D eigenvalue weighted by molar-refractivity contribution is 0.399. The van der Waals surface area contributed by atoms with E-state index in [1.807, 2.05) is 6.07 Å². The number of aryl methyl sites for hydroxylation is 1. The number of ether oxygens (including phenoxy) is 2. The molecule has 0 radical (unpaired) electrons. The van der Waals surface area contributed by atoms with Gasteiger partial charge in [0.05, 0.1) is 14.2 Å². The molecule has 1 atom stereocenters. The molecule has 2 aromatic rings. The van der Waals surface area contributed by atoms with Gasteiger partial charge >= 0.3 is 0 Å². The van der Waals surface area contributed by atoms with E-state index >= 15 is 0 Å². The molecule has 1 aliphatic carbocycles. The highest BCUT2D eigenvalue weighted by Crippen LogP contribution is 2.44. The van der Waals surface area contributed by atoms with Crippen molar-refractivity contribution in [1.29, 1.82) is 0 Å². The minimum atomic E-state index is 0.373. The summed E-state index contributed by atoms with van der Waals surface area (Å²) in [6.07, 6.45) is 2.07. The fourth-order valence-corrected chi connectivity index (χ4v) is 3.20. The summed E-state index contributed by atoms with van der Waals surface area (Å²) in [5.74, 6) is 2.29. The van der Waals surface area contributed by atoms with E-state index in [1.165, 1.54) is 21.9 Å². The molecule has 2 aromatic carbocycles. The standard InChI is InChI=1S/C16H19NO2/c1-18-13-7-4-10-5-8-14(19-2)16-11(9-17)3-6-12(13)15(10)16/h4-5,7-8,11H,3,6,9,17H2,1-2H3. The van der Waals surface area contributed by atoms with Crippen LogP contribution in [-0.4, -0.2) is 20.8 Å². The van der Waals surface area contributed by atoms with E-state index in [0.29, 0.717) is 12.5 Å². The summed E-state index contributed by atoms with van der Waals surface area (Å²) < 4.78 is 11.0. The number of nitrogens with two attached hydrogens (primary N) is 1. The molecule has 0 bridgehead atoms. The van der Waals surface area contributed by atoms with Gasteiger partial charge in [0.2, 0.25) is 0 Å². The van der Waals surface area contributed by atoms with Crippen LogP contribution in [0.25, 0.3) is 10.8 Å². The average Bonchev–Trinajstić information content (AvgIpc) is 2.48. The van der Waals surface area contributed by atoms with Gasteiger partial charge in [0.25, 0.3) is 0 Å². The first-order chi connectivity index (χ1) is 9.30. The Kier molecular flexibility index (Phi) is 3.07. The van der Waals surface area contributed by atoms with E-state index in [4.69, 9.17) is 15.2 Å². The molecule has 3 nitrogen and oxygen atoms in total. The van der Waals surface area contributed by atoms with E-state index in [9.17, 15) is 0 Å². The first-order valence-electron chi connectivity index (χ1n) is 6.66. The molecule has 0 heterocycles. The second-order valence-electron chi connectivity index (χ2n) is 5.00. The Hall–Kier alpha value is -1.74. The van der Waals surface area contributed by atoms with Gasteiger partial charge in [-0.1, -0.05) is 12.1 Å². The molecule has 100 valence electrons. The molecule has 0 saturated carbocycles. The summed E-state index contributed by atoms with van der Waals surface area (Å²) in [4.78, 5) is 0. The second-order valence-corrected chi connectivity index (χ2v) is 5.00. The van der Waals surface area contributed by atoms with Crippen LogP contribution in [0.4, 0.5) is 0 Å². The summed E-state index contributed by atoms with van der Waals surface area (Å²) in [5.41, 5.74) is 8.49. The minimum absolute atomic E-state index is 0.373. The molecule has 1 aliphatic rings. The summed E-state index contributed by atoms with van der Waals surface area (Å²) in [7, 11) is 3.45. The Labute approximate surface area is 113 Å². The van der Waals surface area contributed by atoms with Crippen molar-refractivity contribution in [3.63, 3.8) is 0 Å². The molecule has 0 spiro atoms. The zero-order chi connectivity index (χ0) is 13.4. The van der Waals surface area contributed by atoms with Crippen molar-refractivity contribution in [1.82, 2.24) is 0 Å². The van der Waals surface area contributed by atoms with Crippen LogP contribution in [-0.2, 0) is 6.42 Å². The first kappa shape index (κ1) is 12.3. The Balaban J connectivity index is 2.39. The van der Waals surface area contributed by atoms with E-state index in [0.717, 1.165) is 24.3 Å². The zero-order valence-electron chi connectivity index (χ0n) is 11.4. The summed E-state index contributed by atoms with van der Waals surface area (Å²) in [6, 6.07) is 8.32. The van der Waals surface area contributed by atoms with Crippen molar-refractivity contribution in [3.05, 3.63) is 35.4 Å².